The van der Waals surface area contributed by atoms with E-state index in [0.29, 0.717) is 26.3 Å². The van der Waals surface area contributed by atoms with Crippen molar-refractivity contribution in [3.8, 4) is 11.8 Å². The van der Waals surface area contributed by atoms with Gasteiger partial charge in [0.1, 0.15) is 0 Å². The maximum absolute atomic E-state index is 12.8. The largest absolute Gasteiger partial charge is 0.416 e. The van der Waals surface area contributed by atoms with Crippen molar-refractivity contribution in [1.29, 1.82) is 0 Å². The molecular formula is C20H18F3NO. The highest BCUT2D eigenvalue weighted by Crippen LogP contribution is 2.31. The second kappa shape index (κ2) is 7.73. The number of hydrogen-bond acceptors (Lipinski definition) is 2. The summed E-state index contributed by atoms with van der Waals surface area (Å²) in [5, 5.41) is 0. The fourth-order valence-corrected chi connectivity index (χ4v) is 2.75. The Labute approximate surface area is 145 Å². The molecule has 2 aromatic rings. The Kier molecular flexibility index (Phi) is 5.42. The van der Waals surface area contributed by atoms with E-state index in [4.69, 9.17) is 4.74 Å². The van der Waals surface area contributed by atoms with Gasteiger partial charge in [0.15, 0.2) is 0 Å². The Morgan fingerprint density at radius 1 is 0.920 bits per heavy atom. The first-order valence-electron chi connectivity index (χ1n) is 8.09. The SMILES string of the molecule is FC(F)(F)c1ccc(C(C#Cc2ccccc2)N2CCOCC2)cc1. The molecule has 0 bridgehead atoms. The van der Waals surface area contributed by atoms with Crippen LogP contribution in [-0.4, -0.2) is 31.2 Å². The number of nitrogens with zero attached hydrogens (tertiary/aromatic N) is 1. The van der Waals surface area contributed by atoms with Crippen molar-refractivity contribution >= 4 is 0 Å². The molecule has 2 nitrogen and oxygen atoms in total. The summed E-state index contributed by atoms with van der Waals surface area (Å²) in [4.78, 5) is 2.14. The minimum absolute atomic E-state index is 0.258. The fourth-order valence-electron chi connectivity index (χ4n) is 2.75. The van der Waals surface area contributed by atoms with Crippen LogP contribution in [0.5, 0.6) is 0 Å². The molecule has 0 aliphatic carbocycles. The molecule has 3 rings (SSSR count). The van der Waals surface area contributed by atoms with Crippen molar-refractivity contribution in [3.63, 3.8) is 0 Å². The van der Waals surface area contributed by atoms with E-state index in [1.807, 2.05) is 30.3 Å². The number of hydrogen-bond donors (Lipinski definition) is 0. The van der Waals surface area contributed by atoms with Crippen LogP contribution in [0.3, 0.4) is 0 Å². The van der Waals surface area contributed by atoms with Gasteiger partial charge in [-0.25, -0.2) is 0 Å². The van der Waals surface area contributed by atoms with E-state index in [-0.39, 0.29) is 6.04 Å². The van der Waals surface area contributed by atoms with Crippen molar-refractivity contribution < 1.29 is 17.9 Å². The smallest absolute Gasteiger partial charge is 0.379 e. The molecule has 0 amide bonds. The molecule has 1 heterocycles. The average molecular weight is 345 g/mol. The zero-order chi connectivity index (χ0) is 17.7. The highest BCUT2D eigenvalue weighted by Gasteiger charge is 2.30. The summed E-state index contributed by atoms with van der Waals surface area (Å²) in [6.07, 6.45) is -4.33. The summed E-state index contributed by atoms with van der Waals surface area (Å²) in [5.41, 5.74) is 0.999. The Bertz CT molecular complexity index is 738. The van der Waals surface area contributed by atoms with Crippen molar-refractivity contribution in [2.75, 3.05) is 26.3 Å². The summed E-state index contributed by atoms with van der Waals surface area (Å²) in [5.74, 6) is 6.35. The first-order valence-corrected chi connectivity index (χ1v) is 8.09. The topological polar surface area (TPSA) is 12.5 Å². The van der Waals surface area contributed by atoms with Gasteiger partial charge in [-0.1, -0.05) is 42.2 Å². The number of ether oxygens (including phenoxy) is 1. The van der Waals surface area contributed by atoms with E-state index in [1.54, 1.807) is 0 Å². The standard InChI is InChI=1S/C20H18F3NO/c21-20(22,23)18-9-7-17(8-10-18)19(24-12-14-25-15-13-24)11-6-16-4-2-1-3-5-16/h1-5,7-10,19H,12-15H2. The van der Waals surface area contributed by atoms with Crippen molar-refractivity contribution in [1.82, 2.24) is 4.90 Å². The Balaban J connectivity index is 1.89. The van der Waals surface area contributed by atoms with E-state index in [0.717, 1.165) is 23.3 Å². The molecule has 1 atom stereocenters. The first kappa shape index (κ1) is 17.5. The van der Waals surface area contributed by atoms with Crippen LogP contribution in [0.2, 0.25) is 0 Å². The number of benzene rings is 2. The van der Waals surface area contributed by atoms with Crippen LogP contribution in [0.15, 0.2) is 54.6 Å². The molecule has 0 aromatic heterocycles. The second-order valence-corrected chi connectivity index (χ2v) is 5.81. The zero-order valence-electron chi connectivity index (χ0n) is 13.6. The Hall–Kier alpha value is -2.29. The molecule has 1 saturated heterocycles. The van der Waals surface area contributed by atoms with Gasteiger partial charge in [-0.2, -0.15) is 13.2 Å². The highest BCUT2D eigenvalue weighted by atomic mass is 19.4. The Morgan fingerprint density at radius 3 is 2.16 bits per heavy atom. The minimum atomic E-state index is -4.33. The molecule has 1 fully saturated rings. The first-order chi connectivity index (χ1) is 12.0. The third-order valence-corrected chi connectivity index (χ3v) is 4.09. The second-order valence-electron chi connectivity index (χ2n) is 5.81. The van der Waals surface area contributed by atoms with Gasteiger partial charge in [0, 0.05) is 18.7 Å². The van der Waals surface area contributed by atoms with Crippen LogP contribution in [-0.2, 0) is 10.9 Å². The molecular weight excluding hydrogens is 327 g/mol. The maximum atomic E-state index is 12.8. The van der Waals surface area contributed by atoms with Crippen LogP contribution in [0, 0.1) is 11.8 Å². The predicted octanol–water partition coefficient (Wildman–Crippen LogP) is 4.13. The van der Waals surface area contributed by atoms with Gasteiger partial charge in [-0.05, 0) is 29.8 Å². The van der Waals surface area contributed by atoms with Gasteiger partial charge < -0.3 is 4.74 Å². The number of rotatable bonds is 2. The van der Waals surface area contributed by atoms with Crippen LogP contribution < -0.4 is 0 Å². The maximum Gasteiger partial charge on any atom is 0.416 e. The van der Waals surface area contributed by atoms with Crippen LogP contribution >= 0.6 is 0 Å². The molecule has 2 aromatic carbocycles. The van der Waals surface area contributed by atoms with Crippen LogP contribution in [0.1, 0.15) is 22.7 Å². The molecule has 1 aliphatic rings. The minimum Gasteiger partial charge on any atom is -0.379 e. The summed E-state index contributed by atoms with van der Waals surface area (Å²) >= 11 is 0. The molecule has 25 heavy (non-hydrogen) atoms. The summed E-state index contributed by atoms with van der Waals surface area (Å²) in [6, 6.07) is 14.6. The number of alkyl halides is 3. The van der Waals surface area contributed by atoms with E-state index < -0.39 is 11.7 Å². The van der Waals surface area contributed by atoms with Crippen molar-refractivity contribution in [3.05, 3.63) is 71.3 Å². The molecule has 1 unspecified atom stereocenters. The predicted molar refractivity (Wildman–Crippen MR) is 89.9 cm³/mol. The van der Waals surface area contributed by atoms with Gasteiger partial charge in [-0.15, -0.1) is 0 Å². The lowest BCUT2D eigenvalue weighted by molar-refractivity contribution is -0.137. The van der Waals surface area contributed by atoms with Gasteiger partial charge in [-0.3, -0.25) is 4.90 Å². The normalized spacial score (nSPS) is 16.8. The summed E-state index contributed by atoms with van der Waals surface area (Å²) in [7, 11) is 0. The highest BCUT2D eigenvalue weighted by molar-refractivity contribution is 5.38. The molecule has 0 spiro atoms. The monoisotopic (exact) mass is 345 g/mol. The molecule has 0 saturated carbocycles. The lowest BCUT2D eigenvalue weighted by Gasteiger charge is -2.31. The van der Waals surface area contributed by atoms with E-state index >= 15 is 0 Å². The van der Waals surface area contributed by atoms with Crippen LogP contribution in [0.25, 0.3) is 0 Å². The average Bonchev–Trinajstić information content (AvgIpc) is 2.63. The van der Waals surface area contributed by atoms with E-state index in [9.17, 15) is 13.2 Å². The summed E-state index contributed by atoms with van der Waals surface area (Å²) in [6.45, 7) is 2.61. The quantitative estimate of drug-likeness (QED) is 0.759. The van der Waals surface area contributed by atoms with Crippen molar-refractivity contribution in [2.24, 2.45) is 0 Å². The van der Waals surface area contributed by atoms with Crippen LogP contribution in [0.4, 0.5) is 13.2 Å². The molecule has 1 aliphatic heterocycles. The Morgan fingerprint density at radius 2 is 1.56 bits per heavy atom. The van der Waals surface area contributed by atoms with E-state index in [2.05, 4.69) is 16.7 Å². The fraction of sp³-hybridized carbons (Fsp3) is 0.300. The molecule has 0 radical (unpaired) electrons. The van der Waals surface area contributed by atoms with Gasteiger partial charge in [0.2, 0.25) is 0 Å². The molecule has 0 N–H and O–H groups in total. The van der Waals surface area contributed by atoms with Gasteiger partial charge >= 0.3 is 6.18 Å². The summed E-state index contributed by atoms with van der Waals surface area (Å²) < 4.78 is 43.7. The number of halogens is 3. The van der Waals surface area contributed by atoms with Crippen molar-refractivity contribution in [2.45, 2.75) is 12.2 Å². The lowest BCUT2D eigenvalue weighted by atomic mass is 10.0. The van der Waals surface area contributed by atoms with Gasteiger partial charge in [0.05, 0.1) is 24.8 Å². The van der Waals surface area contributed by atoms with Gasteiger partial charge in [0.25, 0.3) is 0 Å². The molecule has 130 valence electrons. The zero-order valence-corrected chi connectivity index (χ0v) is 13.6. The third-order valence-electron chi connectivity index (χ3n) is 4.09. The van der Waals surface area contributed by atoms with E-state index in [1.165, 1.54) is 12.1 Å². The molecule has 5 heteroatoms. The number of morpholine rings is 1. The third kappa shape index (κ3) is 4.62. The lowest BCUT2D eigenvalue weighted by Crippen LogP contribution is -2.38.